The van der Waals surface area contributed by atoms with Crippen LogP contribution in [0.15, 0.2) is 24.3 Å². The van der Waals surface area contributed by atoms with Gasteiger partial charge >= 0.3 is 6.03 Å². The number of nitrogens with zero attached hydrogens (tertiary/aromatic N) is 1. The highest BCUT2D eigenvalue weighted by atomic mass is 16.5. The van der Waals surface area contributed by atoms with E-state index in [1.165, 1.54) is 10.9 Å². The summed E-state index contributed by atoms with van der Waals surface area (Å²) in [6.07, 6.45) is 0.577. The van der Waals surface area contributed by atoms with E-state index in [9.17, 15) is 9.90 Å². The molecule has 0 radical (unpaired) electrons. The van der Waals surface area contributed by atoms with E-state index >= 15 is 0 Å². The number of aromatic nitrogens is 1. The zero-order valence-electron chi connectivity index (χ0n) is 13.9. The van der Waals surface area contributed by atoms with Gasteiger partial charge in [0.15, 0.2) is 0 Å². The Hall–Kier alpha value is -2.05. The van der Waals surface area contributed by atoms with E-state index in [4.69, 9.17) is 4.74 Å². The normalized spacial score (nSPS) is 12.3. The Bertz CT molecular complexity index is 627. The van der Waals surface area contributed by atoms with E-state index < -0.39 is 0 Å². The number of carbonyl (C=O) groups excluding carboxylic acids is 1. The van der Waals surface area contributed by atoms with E-state index in [1.807, 2.05) is 19.2 Å². The Balaban J connectivity index is 1.99. The number of nitrogens with one attached hydrogen (secondary N) is 2. The molecule has 0 aliphatic heterocycles. The number of amides is 2. The van der Waals surface area contributed by atoms with Crippen molar-refractivity contribution < 1.29 is 14.6 Å². The SMILES string of the molecule is COCCC(CO)NC(=O)NCc1c(C)c2ccccc2n1C. The topological polar surface area (TPSA) is 75.5 Å². The average Bonchev–Trinajstić information content (AvgIpc) is 2.81. The van der Waals surface area contributed by atoms with Gasteiger partial charge in [0.25, 0.3) is 0 Å². The minimum absolute atomic E-state index is 0.107. The molecule has 6 nitrogen and oxygen atoms in total. The summed E-state index contributed by atoms with van der Waals surface area (Å²) < 4.78 is 7.06. The van der Waals surface area contributed by atoms with Gasteiger partial charge in [-0.25, -0.2) is 4.79 Å². The molecule has 0 saturated heterocycles. The van der Waals surface area contributed by atoms with Crippen LogP contribution in [0, 0.1) is 6.92 Å². The molecule has 3 N–H and O–H groups in total. The molecule has 1 unspecified atom stereocenters. The first kappa shape index (κ1) is 17.3. The molecule has 1 heterocycles. The molecule has 0 aliphatic rings. The number of hydrogen-bond acceptors (Lipinski definition) is 3. The maximum Gasteiger partial charge on any atom is 0.315 e. The Labute approximate surface area is 136 Å². The fourth-order valence-electron chi connectivity index (χ4n) is 2.76. The van der Waals surface area contributed by atoms with Crippen molar-refractivity contribution in [3.05, 3.63) is 35.5 Å². The zero-order valence-corrected chi connectivity index (χ0v) is 13.9. The number of aryl methyl sites for hydroxylation is 2. The third-order valence-electron chi connectivity index (χ3n) is 4.15. The summed E-state index contributed by atoms with van der Waals surface area (Å²) in [5.41, 5.74) is 3.39. The second-order valence-electron chi connectivity index (χ2n) is 5.64. The minimum Gasteiger partial charge on any atom is -0.394 e. The maximum atomic E-state index is 12.0. The van der Waals surface area contributed by atoms with Gasteiger partial charge in [-0.15, -0.1) is 0 Å². The lowest BCUT2D eigenvalue weighted by Crippen LogP contribution is -2.44. The first-order chi connectivity index (χ1) is 11.1. The molecule has 23 heavy (non-hydrogen) atoms. The Morgan fingerprint density at radius 3 is 2.78 bits per heavy atom. The third-order valence-corrected chi connectivity index (χ3v) is 4.15. The van der Waals surface area contributed by atoms with Gasteiger partial charge < -0.3 is 25.0 Å². The summed E-state index contributed by atoms with van der Waals surface area (Å²) in [7, 11) is 3.59. The van der Waals surface area contributed by atoms with Crippen LogP contribution >= 0.6 is 0 Å². The van der Waals surface area contributed by atoms with E-state index in [0.29, 0.717) is 19.6 Å². The lowest BCUT2D eigenvalue weighted by Gasteiger charge is -2.16. The largest absolute Gasteiger partial charge is 0.394 e. The minimum atomic E-state index is -0.302. The van der Waals surface area contributed by atoms with Crippen LogP contribution in [0.1, 0.15) is 17.7 Å². The van der Waals surface area contributed by atoms with Crippen molar-refractivity contribution in [2.45, 2.75) is 25.9 Å². The number of aliphatic hydroxyl groups is 1. The molecule has 2 amide bonds. The van der Waals surface area contributed by atoms with Crippen molar-refractivity contribution in [1.29, 1.82) is 0 Å². The predicted octanol–water partition coefficient (Wildman–Crippen LogP) is 1.68. The first-order valence-electron chi connectivity index (χ1n) is 7.75. The number of benzene rings is 1. The molecule has 2 aromatic rings. The van der Waals surface area contributed by atoms with Crippen molar-refractivity contribution in [1.82, 2.24) is 15.2 Å². The van der Waals surface area contributed by atoms with E-state index in [2.05, 4.69) is 34.3 Å². The van der Waals surface area contributed by atoms with Crippen molar-refractivity contribution >= 4 is 16.9 Å². The lowest BCUT2D eigenvalue weighted by molar-refractivity contribution is 0.159. The standard InChI is InChI=1S/C17H25N3O3/c1-12-14-6-4-5-7-15(14)20(2)16(12)10-18-17(22)19-13(11-21)8-9-23-3/h4-7,13,21H,8-11H2,1-3H3,(H2,18,19,22). The molecule has 0 saturated carbocycles. The van der Waals surface area contributed by atoms with E-state index in [-0.39, 0.29) is 18.7 Å². The molecule has 2 rings (SSSR count). The van der Waals surface area contributed by atoms with Gasteiger partial charge in [-0.2, -0.15) is 0 Å². The fourth-order valence-corrected chi connectivity index (χ4v) is 2.76. The number of aliphatic hydroxyl groups excluding tert-OH is 1. The number of rotatable bonds is 7. The Kier molecular flexibility index (Phi) is 6.01. The molecule has 0 bridgehead atoms. The third kappa shape index (κ3) is 4.03. The van der Waals surface area contributed by atoms with Crippen molar-refractivity contribution in [2.75, 3.05) is 20.3 Å². The van der Waals surface area contributed by atoms with Crippen LogP contribution in [0.3, 0.4) is 0 Å². The van der Waals surface area contributed by atoms with Gasteiger partial charge in [-0.05, 0) is 25.0 Å². The van der Waals surface area contributed by atoms with Crippen LogP contribution in [0.5, 0.6) is 0 Å². The van der Waals surface area contributed by atoms with Crippen LogP contribution < -0.4 is 10.6 Å². The maximum absolute atomic E-state index is 12.0. The molecular formula is C17H25N3O3. The van der Waals surface area contributed by atoms with Gasteiger partial charge in [-0.1, -0.05) is 18.2 Å². The number of urea groups is 1. The molecule has 0 aliphatic carbocycles. The first-order valence-corrected chi connectivity index (χ1v) is 7.75. The van der Waals surface area contributed by atoms with Gasteiger partial charge in [0, 0.05) is 37.4 Å². The van der Waals surface area contributed by atoms with Gasteiger partial charge in [0.1, 0.15) is 0 Å². The summed E-state index contributed by atoms with van der Waals surface area (Å²) in [6, 6.07) is 7.58. The van der Waals surface area contributed by atoms with Gasteiger partial charge in [0.2, 0.25) is 0 Å². The number of methoxy groups -OCH3 is 1. The number of hydrogen-bond donors (Lipinski definition) is 3. The molecule has 0 spiro atoms. The molecule has 0 fully saturated rings. The number of carbonyl (C=O) groups is 1. The highest BCUT2D eigenvalue weighted by Gasteiger charge is 2.14. The average molecular weight is 319 g/mol. The van der Waals surface area contributed by atoms with Crippen molar-refractivity contribution in [3.63, 3.8) is 0 Å². The monoisotopic (exact) mass is 319 g/mol. The number of para-hydroxylation sites is 1. The highest BCUT2D eigenvalue weighted by molar-refractivity contribution is 5.85. The smallest absolute Gasteiger partial charge is 0.315 e. The number of fused-ring (bicyclic) bond motifs is 1. The molecular weight excluding hydrogens is 294 g/mol. The highest BCUT2D eigenvalue weighted by Crippen LogP contribution is 2.24. The van der Waals surface area contributed by atoms with E-state index in [1.54, 1.807) is 7.11 Å². The Morgan fingerprint density at radius 1 is 1.39 bits per heavy atom. The molecule has 1 aromatic carbocycles. The number of ether oxygens (including phenoxy) is 1. The van der Waals surface area contributed by atoms with Crippen LogP contribution in [-0.4, -0.2) is 42.1 Å². The van der Waals surface area contributed by atoms with Crippen molar-refractivity contribution in [2.24, 2.45) is 7.05 Å². The quantitative estimate of drug-likeness (QED) is 0.727. The molecule has 1 atom stereocenters. The van der Waals surface area contributed by atoms with E-state index in [0.717, 1.165) is 11.2 Å². The van der Waals surface area contributed by atoms with Crippen molar-refractivity contribution in [3.8, 4) is 0 Å². The van der Waals surface area contributed by atoms with Gasteiger partial charge in [-0.3, -0.25) is 0 Å². The molecule has 126 valence electrons. The zero-order chi connectivity index (χ0) is 16.8. The summed E-state index contributed by atoms with van der Waals surface area (Å²) in [5.74, 6) is 0. The van der Waals surface area contributed by atoms with Crippen LogP contribution in [0.2, 0.25) is 0 Å². The van der Waals surface area contributed by atoms with Gasteiger partial charge in [0.05, 0.1) is 19.2 Å². The second-order valence-corrected chi connectivity index (χ2v) is 5.64. The summed E-state index contributed by atoms with van der Waals surface area (Å²) >= 11 is 0. The van der Waals surface area contributed by atoms with Crippen LogP contribution in [0.4, 0.5) is 4.79 Å². The second kappa shape index (κ2) is 7.99. The summed E-state index contributed by atoms with van der Waals surface area (Å²) in [5, 5.41) is 16.1. The Morgan fingerprint density at radius 2 is 2.13 bits per heavy atom. The summed E-state index contributed by atoms with van der Waals surface area (Å²) in [4.78, 5) is 12.0. The van der Waals surface area contributed by atoms with Crippen LogP contribution in [0.25, 0.3) is 10.9 Å². The lowest BCUT2D eigenvalue weighted by atomic mass is 10.1. The molecule has 6 heteroatoms. The fraction of sp³-hybridized carbons (Fsp3) is 0.471. The summed E-state index contributed by atoms with van der Waals surface area (Å²) in [6.45, 7) is 2.88. The molecule has 1 aromatic heterocycles. The predicted molar refractivity (Wildman–Crippen MR) is 90.4 cm³/mol. The van der Waals surface area contributed by atoms with Crippen LogP contribution in [-0.2, 0) is 18.3 Å².